The van der Waals surface area contributed by atoms with Crippen molar-refractivity contribution in [3.05, 3.63) is 59.3 Å². The van der Waals surface area contributed by atoms with E-state index in [9.17, 15) is 13.2 Å². The fourth-order valence-electron chi connectivity index (χ4n) is 2.13. The SMILES string of the molecule is CCNC(=NCc1ccc(OC)nc1)NCc1ccc(C(F)(F)F)cc1. The van der Waals surface area contributed by atoms with E-state index in [2.05, 4.69) is 20.6 Å². The second-order valence-corrected chi connectivity index (χ2v) is 5.45. The first-order valence-electron chi connectivity index (χ1n) is 8.09. The quantitative estimate of drug-likeness (QED) is 0.608. The monoisotopic (exact) mass is 366 g/mol. The Hall–Kier alpha value is -2.77. The van der Waals surface area contributed by atoms with Crippen LogP contribution in [0, 0.1) is 0 Å². The summed E-state index contributed by atoms with van der Waals surface area (Å²) >= 11 is 0. The molecule has 140 valence electrons. The molecule has 0 aliphatic rings. The first-order chi connectivity index (χ1) is 12.4. The molecule has 0 aliphatic carbocycles. The Kier molecular flexibility index (Phi) is 6.82. The maximum Gasteiger partial charge on any atom is 0.416 e. The molecular weight excluding hydrogens is 345 g/mol. The lowest BCUT2D eigenvalue weighted by molar-refractivity contribution is -0.137. The summed E-state index contributed by atoms with van der Waals surface area (Å²) in [6, 6.07) is 8.68. The lowest BCUT2D eigenvalue weighted by Crippen LogP contribution is -2.36. The number of hydrogen-bond donors (Lipinski definition) is 2. The maximum atomic E-state index is 12.6. The minimum absolute atomic E-state index is 0.366. The summed E-state index contributed by atoms with van der Waals surface area (Å²) in [4.78, 5) is 8.56. The molecule has 1 heterocycles. The number of ether oxygens (including phenoxy) is 1. The van der Waals surface area contributed by atoms with Crippen LogP contribution in [0.4, 0.5) is 13.2 Å². The fraction of sp³-hybridized carbons (Fsp3) is 0.333. The predicted molar refractivity (Wildman–Crippen MR) is 93.9 cm³/mol. The summed E-state index contributed by atoms with van der Waals surface area (Å²) in [5.74, 6) is 1.10. The highest BCUT2D eigenvalue weighted by Crippen LogP contribution is 2.29. The van der Waals surface area contributed by atoms with Crippen molar-refractivity contribution < 1.29 is 17.9 Å². The van der Waals surface area contributed by atoms with E-state index in [4.69, 9.17) is 4.74 Å². The van der Waals surface area contributed by atoms with Crippen LogP contribution >= 0.6 is 0 Å². The molecule has 2 rings (SSSR count). The normalized spacial score (nSPS) is 12.0. The topological polar surface area (TPSA) is 58.5 Å². The summed E-state index contributed by atoms with van der Waals surface area (Å²) in [7, 11) is 1.55. The van der Waals surface area contributed by atoms with Crippen molar-refractivity contribution in [2.75, 3.05) is 13.7 Å². The number of aromatic nitrogens is 1. The Labute approximate surface area is 150 Å². The zero-order chi connectivity index (χ0) is 19.0. The minimum atomic E-state index is -4.32. The number of rotatable bonds is 6. The molecule has 1 aromatic heterocycles. The first kappa shape index (κ1) is 19.6. The van der Waals surface area contributed by atoms with Crippen molar-refractivity contribution in [3.63, 3.8) is 0 Å². The second kappa shape index (κ2) is 9.07. The van der Waals surface area contributed by atoms with Crippen LogP contribution in [0.3, 0.4) is 0 Å². The Bertz CT molecular complexity index is 713. The summed E-state index contributed by atoms with van der Waals surface area (Å²) in [5, 5.41) is 6.20. The predicted octanol–water partition coefficient (Wildman–Crippen LogP) is 3.36. The number of nitrogens with zero attached hydrogens (tertiary/aromatic N) is 2. The van der Waals surface area contributed by atoms with Gasteiger partial charge in [0.25, 0.3) is 0 Å². The smallest absolute Gasteiger partial charge is 0.416 e. The fourth-order valence-corrected chi connectivity index (χ4v) is 2.13. The van der Waals surface area contributed by atoms with Gasteiger partial charge in [0.05, 0.1) is 19.2 Å². The van der Waals surface area contributed by atoms with Gasteiger partial charge in [-0.2, -0.15) is 13.2 Å². The molecule has 2 N–H and O–H groups in total. The van der Waals surface area contributed by atoms with Gasteiger partial charge in [-0.1, -0.05) is 18.2 Å². The molecule has 0 radical (unpaired) electrons. The third-order valence-corrected chi connectivity index (χ3v) is 3.51. The average molecular weight is 366 g/mol. The van der Waals surface area contributed by atoms with Crippen LogP contribution in [0.5, 0.6) is 5.88 Å². The van der Waals surface area contributed by atoms with Gasteiger partial charge < -0.3 is 15.4 Å². The number of pyridine rings is 1. The zero-order valence-corrected chi connectivity index (χ0v) is 14.6. The maximum absolute atomic E-state index is 12.6. The second-order valence-electron chi connectivity index (χ2n) is 5.45. The third kappa shape index (κ3) is 5.94. The number of halogens is 3. The summed E-state index contributed by atoms with van der Waals surface area (Å²) in [6.45, 7) is 3.38. The highest BCUT2D eigenvalue weighted by Gasteiger charge is 2.29. The van der Waals surface area contributed by atoms with Crippen molar-refractivity contribution in [3.8, 4) is 5.88 Å². The first-order valence-corrected chi connectivity index (χ1v) is 8.09. The Morgan fingerprint density at radius 3 is 2.31 bits per heavy atom. The van der Waals surface area contributed by atoms with Crippen LogP contribution in [0.1, 0.15) is 23.6 Å². The van der Waals surface area contributed by atoms with Gasteiger partial charge in [-0.05, 0) is 30.2 Å². The van der Waals surface area contributed by atoms with E-state index in [0.29, 0.717) is 31.5 Å². The summed E-state index contributed by atoms with van der Waals surface area (Å²) in [6.07, 6.45) is -2.64. The number of aliphatic imine (C=N–C) groups is 1. The zero-order valence-electron chi connectivity index (χ0n) is 14.6. The van der Waals surface area contributed by atoms with E-state index >= 15 is 0 Å². The van der Waals surface area contributed by atoms with E-state index in [1.54, 1.807) is 19.4 Å². The largest absolute Gasteiger partial charge is 0.481 e. The van der Waals surface area contributed by atoms with Crippen molar-refractivity contribution in [2.24, 2.45) is 4.99 Å². The molecule has 1 aromatic carbocycles. The van der Waals surface area contributed by atoms with Gasteiger partial charge in [0.15, 0.2) is 5.96 Å². The van der Waals surface area contributed by atoms with Crippen LogP contribution < -0.4 is 15.4 Å². The van der Waals surface area contributed by atoms with Crippen LogP contribution in [0.15, 0.2) is 47.6 Å². The van der Waals surface area contributed by atoms with E-state index in [0.717, 1.165) is 23.3 Å². The van der Waals surface area contributed by atoms with Gasteiger partial charge in [0, 0.05) is 25.4 Å². The van der Waals surface area contributed by atoms with Gasteiger partial charge in [0.1, 0.15) is 0 Å². The molecule has 5 nitrogen and oxygen atoms in total. The standard InChI is InChI=1S/C18H21F3N4O/c1-3-22-17(25-12-14-6-9-16(26-2)23-11-14)24-10-13-4-7-15(8-5-13)18(19,20)21/h4-9,11H,3,10,12H2,1-2H3,(H2,22,24,25). The molecule has 2 aromatic rings. The van der Waals surface area contributed by atoms with Crippen LogP contribution in [0.2, 0.25) is 0 Å². The Balaban J connectivity index is 1.96. The molecule has 0 atom stereocenters. The molecule has 0 fully saturated rings. The highest BCUT2D eigenvalue weighted by molar-refractivity contribution is 5.79. The molecule has 0 spiro atoms. The van der Waals surface area contributed by atoms with Crippen LogP contribution in [-0.4, -0.2) is 24.6 Å². The molecular formula is C18H21F3N4O. The van der Waals surface area contributed by atoms with Crippen LogP contribution in [-0.2, 0) is 19.3 Å². The average Bonchev–Trinajstić information content (AvgIpc) is 2.64. The van der Waals surface area contributed by atoms with E-state index in [1.807, 2.05) is 13.0 Å². The van der Waals surface area contributed by atoms with Crippen molar-refractivity contribution in [1.29, 1.82) is 0 Å². The van der Waals surface area contributed by atoms with Gasteiger partial charge in [-0.25, -0.2) is 9.98 Å². The minimum Gasteiger partial charge on any atom is -0.481 e. The third-order valence-electron chi connectivity index (χ3n) is 3.51. The van der Waals surface area contributed by atoms with Gasteiger partial charge >= 0.3 is 6.18 Å². The van der Waals surface area contributed by atoms with Crippen molar-refractivity contribution in [1.82, 2.24) is 15.6 Å². The molecule has 0 bridgehead atoms. The molecule has 0 unspecified atom stereocenters. The highest BCUT2D eigenvalue weighted by atomic mass is 19.4. The van der Waals surface area contributed by atoms with Crippen LogP contribution in [0.25, 0.3) is 0 Å². The number of methoxy groups -OCH3 is 1. The number of alkyl halides is 3. The lowest BCUT2D eigenvalue weighted by Gasteiger charge is -2.12. The molecule has 0 amide bonds. The van der Waals surface area contributed by atoms with Crippen molar-refractivity contribution >= 4 is 5.96 Å². The van der Waals surface area contributed by atoms with Gasteiger partial charge in [-0.15, -0.1) is 0 Å². The Morgan fingerprint density at radius 2 is 1.77 bits per heavy atom. The molecule has 0 saturated carbocycles. The summed E-state index contributed by atoms with van der Waals surface area (Å²) in [5.41, 5.74) is 0.987. The van der Waals surface area contributed by atoms with Gasteiger partial charge in [-0.3, -0.25) is 0 Å². The number of hydrogen-bond acceptors (Lipinski definition) is 3. The summed E-state index contributed by atoms with van der Waals surface area (Å²) < 4.78 is 42.8. The van der Waals surface area contributed by atoms with Crippen molar-refractivity contribution in [2.45, 2.75) is 26.2 Å². The number of guanidine groups is 1. The molecule has 0 aliphatic heterocycles. The molecule has 0 saturated heterocycles. The van der Waals surface area contributed by atoms with E-state index < -0.39 is 11.7 Å². The number of nitrogens with one attached hydrogen (secondary N) is 2. The van der Waals surface area contributed by atoms with Gasteiger partial charge in [0.2, 0.25) is 5.88 Å². The molecule has 26 heavy (non-hydrogen) atoms. The van der Waals surface area contributed by atoms with E-state index in [-0.39, 0.29) is 0 Å². The van der Waals surface area contributed by atoms with E-state index in [1.165, 1.54) is 12.1 Å². The Morgan fingerprint density at radius 1 is 1.08 bits per heavy atom. The lowest BCUT2D eigenvalue weighted by atomic mass is 10.1. The number of benzene rings is 1. The molecule has 8 heteroatoms.